The third-order valence-electron chi connectivity index (χ3n) is 5.92. The van der Waals surface area contributed by atoms with Gasteiger partial charge in [-0.05, 0) is 49.9 Å². The highest BCUT2D eigenvalue weighted by Gasteiger charge is 2.49. The number of hydrogen-bond donors (Lipinski definition) is 3. The van der Waals surface area contributed by atoms with Crippen LogP contribution in [0.25, 0.3) is 0 Å². The Morgan fingerprint density at radius 3 is 2.96 bits per heavy atom. The van der Waals surface area contributed by atoms with Crippen LogP contribution in [0.15, 0.2) is 10.9 Å². The second-order valence-corrected chi connectivity index (χ2v) is 7.51. The minimum atomic E-state index is -0.268. The molecule has 6 heteroatoms. The van der Waals surface area contributed by atoms with Gasteiger partial charge in [0.25, 0.3) is 11.5 Å². The number of carbonyl (C=O) groups is 1. The molecule has 1 aromatic rings. The van der Waals surface area contributed by atoms with E-state index in [0.717, 1.165) is 38.5 Å². The molecule has 1 heterocycles. The molecular weight excluding hydrogens is 294 g/mol. The summed E-state index contributed by atoms with van der Waals surface area (Å²) in [6.45, 7) is 0.207. The molecule has 0 unspecified atom stereocenters. The molecule has 124 valence electrons. The highest BCUT2D eigenvalue weighted by molar-refractivity contribution is 5.92. The molecule has 6 nitrogen and oxygen atoms in total. The van der Waals surface area contributed by atoms with Crippen molar-refractivity contribution >= 4 is 5.91 Å². The van der Waals surface area contributed by atoms with Gasteiger partial charge in [0.15, 0.2) is 0 Å². The van der Waals surface area contributed by atoms with Crippen molar-refractivity contribution in [1.29, 1.82) is 0 Å². The van der Waals surface area contributed by atoms with Crippen LogP contribution in [0, 0.1) is 11.3 Å². The summed E-state index contributed by atoms with van der Waals surface area (Å²) in [6.07, 6.45) is 7.17. The highest BCUT2D eigenvalue weighted by Crippen LogP contribution is 2.53. The largest absolute Gasteiger partial charge is 0.396 e. The number of hydrogen-bond acceptors (Lipinski definition) is 4. The zero-order valence-electron chi connectivity index (χ0n) is 13.2. The molecule has 3 aliphatic carbocycles. The van der Waals surface area contributed by atoms with Crippen molar-refractivity contribution in [2.24, 2.45) is 11.3 Å². The summed E-state index contributed by atoms with van der Waals surface area (Å²) >= 11 is 0. The molecule has 1 amide bonds. The quantitative estimate of drug-likeness (QED) is 0.780. The molecule has 3 fully saturated rings. The Labute approximate surface area is 134 Å². The van der Waals surface area contributed by atoms with Gasteiger partial charge < -0.3 is 15.4 Å². The van der Waals surface area contributed by atoms with Crippen molar-refractivity contribution < 1.29 is 9.90 Å². The fourth-order valence-electron chi connectivity index (χ4n) is 4.55. The van der Waals surface area contributed by atoms with Gasteiger partial charge in [0.1, 0.15) is 11.5 Å². The molecule has 0 radical (unpaired) electrons. The molecule has 3 N–H and O–H groups in total. The van der Waals surface area contributed by atoms with E-state index in [1.165, 1.54) is 12.5 Å². The third-order valence-corrected chi connectivity index (χ3v) is 5.92. The highest BCUT2D eigenvalue weighted by atomic mass is 16.3. The van der Waals surface area contributed by atoms with E-state index in [1.807, 2.05) is 0 Å². The number of fused-ring (bicyclic) bond motifs is 1. The molecule has 3 atom stereocenters. The predicted molar refractivity (Wildman–Crippen MR) is 84.2 cm³/mol. The van der Waals surface area contributed by atoms with Crippen molar-refractivity contribution in [2.45, 2.75) is 56.9 Å². The van der Waals surface area contributed by atoms with Crippen LogP contribution in [0.3, 0.4) is 0 Å². The lowest BCUT2D eigenvalue weighted by Gasteiger charge is -2.26. The van der Waals surface area contributed by atoms with Gasteiger partial charge in [0.2, 0.25) is 0 Å². The molecule has 3 saturated carbocycles. The first-order chi connectivity index (χ1) is 11.1. The summed E-state index contributed by atoms with van der Waals surface area (Å²) in [5.41, 5.74) is -0.0495. The number of nitrogens with zero attached hydrogens (tertiary/aromatic N) is 1. The van der Waals surface area contributed by atoms with Gasteiger partial charge in [-0.25, -0.2) is 4.98 Å². The van der Waals surface area contributed by atoms with Gasteiger partial charge in [0, 0.05) is 24.6 Å². The number of nitrogens with one attached hydrogen (secondary N) is 2. The first-order valence-corrected chi connectivity index (χ1v) is 8.63. The maximum absolute atomic E-state index is 12.5. The van der Waals surface area contributed by atoms with Crippen LogP contribution in [0.5, 0.6) is 0 Å². The Morgan fingerprint density at radius 2 is 2.26 bits per heavy atom. The van der Waals surface area contributed by atoms with Crippen molar-refractivity contribution in [2.75, 3.05) is 6.61 Å². The molecule has 3 aliphatic rings. The Morgan fingerprint density at radius 1 is 1.43 bits per heavy atom. The van der Waals surface area contributed by atoms with Crippen LogP contribution in [-0.4, -0.2) is 33.6 Å². The van der Waals surface area contributed by atoms with E-state index in [2.05, 4.69) is 15.3 Å². The van der Waals surface area contributed by atoms with Crippen LogP contribution in [0.1, 0.15) is 67.2 Å². The smallest absolute Gasteiger partial charge is 0.270 e. The number of aromatic amines is 1. The molecule has 23 heavy (non-hydrogen) atoms. The first-order valence-electron chi connectivity index (χ1n) is 8.63. The van der Waals surface area contributed by atoms with Gasteiger partial charge in [-0.15, -0.1) is 0 Å². The van der Waals surface area contributed by atoms with E-state index in [1.54, 1.807) is 0 Å². The van der Waals surface area contributed by atoms with Crippen LogP contribution in [0.2, 0.25) is 0 Å². The molecule has 1 aromatic heterocycles. The number of amides is 1. The average Bonchev–Trinajstić information content (AvgIpc) is 3.22. The lowest BCUT2D eigenvalue weighted by atomic mass is 9.81. The summed E-state index contributed by atoms with van der Waals surface area (Å²) in [5, 5.41) is 12.8. The molecule has 0 aromatic carbocycles. The zero-order chi connectivity index (χ0) is 16.0. The van der Waals surface area contributed by atoms with Gasteiger partial charge in [0.05, 0.1) is 0 Å². The van der Waals surface area contributed by atoms with E-state index >= 15 is 0 Å². The monoisotopic (exact) mass is 317 g/mol. The Hall–Kier alpha value is -1.69. The average molecular weight is 317 g/mol. The molecule has 0 aliphatic heterocycles. The Kier molecular flexibility index (Phi) is 3.52. The Bertz CT molecular complexity index is 682. The summed E-state index contributed by atoms with van der Waals surface area (Å²) in [6, 6.07) is 1.35. The van der Waals surface area contributed by atoms with Crippen LogP contribution < -0.4 is 10.9 Å². The fraction of sp³-hybridized carbons (Fsp3) is 0.706. The standard InChI is InChI=1S/C17H23N3O3/c21-9-17-5-1-2-11(17)6-12(8-17)18-16(23)13-7-14(22)20-15(19-13)10-3-4-10/h7,10-12,21H,1-6,8-9H2,(H,18,23)(H,19,20,22)/t11-,12+,17+/m0/s1. The summed E-state index contributed by atoms with van der Waals surface area (Å²) in [7, 11) is 0. The normalized spacial score (nSPS) is 32.7. The lowest BCUT2D eigenvalue weighted by Crippen LogP contribution is -2.36. The molecule has 0 saturated heterocycles. The maximum atomic E-state index is 12.5. The van der Waals surface area contributed by atoms with Crippen LogP contribution >= 0.6 is 0 Å². The van der Waals surface area contributed by atoms with Gasteiger partial charge >= 0.3 is 0 Å². The topological polar surface area (TPSA) is 95.1 Å². The number of aliphatic hydroxyl groups is 1. The van der Waals surface area contributed by atoms with E-state index in [9.17, 15) is 14.7 Å². The summed E-state index contributed by atoms with van der Waals surface area (Å²) < 4.78 is 0. The number of aromatic nitrogens is 2. The lowest BCUT2D eigenvalue weighted by molar-refractivity contribution is 0.0909. The van der Waals surface area contributed by atoms with Crippen molar-refractivity contribution in [1.82, 2.24) is 15.3 Å². The molecular formula is C17H23N3O3. The van der Waals surface area contributed by atoms with Gasteiger partial charge in [-0.3, -0.25) is 9.59 Å². The van der Waals surface area contributed by atoms with Crippen molar-refractivity contribution in [3.63, 3.8) is 0 Å². The third kappa shape index (κ3) is 2.69. The first kappa shape index (κ1) is 14.9. The minimum absolute atomic E-state index is 0.00128. The van der Waals surface area contributed by atoms with Gasteiger partial charge in [-0.2, -0.15) is 0 Å². The van der Waals surface area contributed by atoms with E-state index < -0.39 is 0 Å². The second-order valence-electron chi connectivity index (χ2n) is 7.51. The minimum Gasteiger partial charge on any atom is -0.396 e. The number of aliphatic hydroxyl groups excluding tert-OH is 1. The SMILES string of the molecule is O=C(N[C@@H]1C[C@@H]2CCC[C@]2(CO)C1)c1cc(=O)[nH]c(C2CC2)n1. The maximum Gasteiger partial charge on any atom is 0.270 e. The molecule has 0 spiro atoms. The van der Waals surface area contributed by atoms with E-state index in [0.29, 0.717) is 17.7 Å². The summed E-state index contributed by atoms with van der Waals surface area (Å²) in [4.78, 5) is 31.3. The number of H-pyrrole nitrogens is 1. The molecule has 4 rings (SSSR count). The Balaban J connectivity index is 1.47. The van der Waals surface area contributed by atoms with Crippen molar-refractivity contribution in [3.8, 4) is 0 Å². The zero-order valence-corrected chi connectivity index (χ0v) is 13.2. The fourth-order valence-corrected chi connectivity index (χ4v) is 4.55. The van der Waals surface area contributed by atoms with Crippen molar-refractivity contribution in [3.05, 3.63) is 27.9 Å². The van der Waals surface area contributed by atoms with Crippen LogP contribution in [0.4, 0.5) is 0 Å². The number of rotatable bonds is 4. The van der Waals surface area contributed by atoms with E-state index in [-0.39, 0.29) is 35.2 Å². The molecule has 0 bridgehead atoms. The summed E-state index contributed by atoms with van der Waals surface area (Å²) in [5.74, 6) is 1.18. The van der Waals surface area contributed by atoms with E-state index in [4.69, 9.17) is 0 Å². The second kappa shape index (κ2) is 5.44. The van der Waals surface area contributed by atoms with Crippen LogP contribution in [-0.2, 0) is 0 Å². The number of carbonyl (C=O) groups excluding carboxylic acids is 1. The predicted octanol–water partition coefficient (Wildman–Crippen LogP) is 1.32. The van der Waals surface area contributed by atoms with Gasteiger partial charge in [-0.1, -0.05) is 6.42 Å².